The third-order valence-electron chi connectivity index (χ3n) is 6.21. The highest BCUT2D eigenvalue weighted by Crippen LogP contribution is 2.34. The summed E-state index contributed by atoms with van der Waals surface area (Å²) in [5.41, 5.74) is 2.00. The minimum Gasteiger partial charge on any atom is -0.343 e. The predicted octanol–water partition coefficient (Wildman–Crippen LogP) is 3.97. The quantitative estimate of drug-likeness (QED) is 0.663. The highest BCUT2D eigenvalue weighted by atomic mass is 16.2. The van der Waals surface area contributed by atoms with Gasteiger partial charge in [-0.3, -0.25) is 14.2 Å². The smallest absolute Gasteiger partial charge is 0.261 e. The third kappa shape index (κ3) is 4.24. The number of rotatable bonds is 5. The lowest BCUT2D eigenvalue weighted by molar-refractivity contribution is -0.132. The van der Waals surface area contributed by atoms with Gasteiger partial charge in [-0.2, -0.15) is 0 Å². The van der Waals surface area contributed by atoms with E-state index < -0.39 is 0 Å². The number of hydrogen-bond acceptors (Lipinski definition) is 3. The molecule has 0 aliphatic heterocycles. The number of fused-ring (bicyclic) bond motifs is 1. The van der Waals surface area contributed by atoms with Crippen LogP contribution in [0.3, 0.4) is 0 Å². The normalized spacial score (nSPS) is 19.2. The van der Waals surface area contributed by atoms with E-state index in [1.807, 2.05) is 30.1 Å². The van der Waals surface area contributed by atoms with Crippen molar-refractivity contribution in [1.82, 2.24) is 14.5 Å². The molecule has 1 aromatic heterocycles. The minimum atomic E-state index is -0.0885. The Bertz CT molecular complexity index is 1040. The zero-order chi connectivity index (χ0) is 20.2. The molecule has 0 spiro atoms. The van der Waals surface area contributed by atoms with Crippen LogP contribution >= 0.6 is 0 Å². The van der Waals surface area contributed by atoms with E-state index in [2.05, 4.69) is 35.3 Å². The molecule has 1 aliphatic carbocycles. The summed E-state index contributed by atoms with van der Waals surface area (Å²) < 4.78 is 1.54. The van der Waals surface area contributed by atoms with Crippen molar-refractivity contribution < 1.29 is 4.79 Å². The molecule has 5 heteroatoms. The van der Waals surface area contributed by atoms with Crippen LogP contribution in [0.25, 0.3) is 10.9 Å². The molecule has 3 aromatic rings. The number of carbonyl (C=O) groups excluding carboxylic acids is 1. The van der Waals surface area contributed by atoms with Crippen molar-refractivity contribution in [3.8, 4) is 0 Å². The molecule has 1 amide bonds. The second kappa shape index (κ2) is 8.60. The lowest BCUT2D eigenvalue weighted by Gasteiger charge is -2.35. The summed E-state index contributed by atoms with van der Waals surface area (Å²) in [5.74, 6) is 0.687. The molecular formula is C24H27N3O2. The van der Waals surface area contributed by atoms with Gasteiger partial charge < -0.3 is 4.90 Å². The molecule has 0 atom stereocenters. The number of para-hydroxylation sites is 1. The topological polar surface area (TPSA) is 55.2 Å². The highest BCUT2D eigenvalue weighted by molar-refractivity contribution is 5.77. The number of benzene rings is 2. The number of hydrogen-bond donors (Lipinski definition) is 0. The van der Waals surface area contributed by atoms with Gasteiger partial charge in [-0.1, -0.05) is 42.5 Å². The largest absolute Gasteiger partial charge is 0.343 e. The van der Waals surface area contributed by atoms with Gasteiger partial charge >= 0.3 is 0 Å². The first kappa shape index (κ1) is 19.4. The summed E-state index contributed by atoms with van der Waals surface area (Å²) in [6.07, 6.45) is 6.14. The Labute approximate surface area is 171 Å². The zero-order valence-electron chi connectivity index (χ0n) is 16.8. The Morgan fingerprint density at radius 3 is 2.48 bits per heavy atom. The predicted molar refractivity (Wildman–Crippen MR) is 115 cm³/mol. The molecule has 2 aromatic carbocycles. The average Bonchev–Trinajstić information content (AvgIpc) is 2.79. The van der Waals surface area contributed by atoms with E-state index in [0.29, 0.717) is 29.8 Å². The van der Waals surface area contributed by atoms with E-state index in [-0.39, 0.29) is 17.5 Å². The maximum atomic E-state index is 12.7. The van der Waals surface area contributed by atoms with Crippen LogP contribution in [0.5, 0.6) is 0 Å². The molecule has 1 fully saturated rings. The minimum absolute atomic E-state index is 0.0885. The molecule has 0 saturated heterocycles. The second-order valence-electron chi connectivity index (χ2n) is 7.93. The first-order valence-electron chi connectivity index (χ1n) is 10.4. The van der Waals surface area contributed by atoms with Gasteiger partial charge in [0, 0.05) is 26.1 Å². The van der Waals surface area contributed by atoms with Crippen molar-refractivity contribution in [2.24, 2.45) is 0 Å². The fourth-order valence-electron chi connectivity index (χ4n) is 4.38. The van der Waals surface area contributed by atoms with E-state index in [1.165, 1.54) is 5.56 Å². The van der Waals surface area contributed by atoms with Crippen LogP contribution in [0.15, 0.2) is 65.7 Å². The number of aromatic nitrogens is 2. The van der Waals surface area contributed by atoms with E-state index in [0.717, 1.165) is 25.7 Å². The van der Waals surface area contributed by atoms with Crippen LogP contribution < -0.4 is 5.56 Å². The summed E-state index contributed by atoms with van der Waals surface area (Å²) in [7, 11) is 1.90. The van der Waals surface area contributed by atoms with Crippen LogP contribution in [0.2, 0.25) is 0 Å². The number of carbonyl (C=O) groups is 1. The molecular weight excluding hydrogens is 362 g/mol. The zero-order valence-corrected chi connectivity index (χ0v) is 16.8. The summed E-state index contributed by atoms with van der Waals surface area (Å²) in [4.78, 5) is 31.5. The Morgan fingerprint density at radius 1 is 1.03 bits per heavy atom. The fraction of sp³-hybridized carbons (Fsp3) is 0.375. The van der Waals surface area contributed by atoms with Crippen LogP contribution in [0, 0.1) is 0 Å². The van der Waals surface area contributed by atoms with Gasteiger partial charge in [-0.25, -0.2) is 4.98 Å². The number of aryl methyl sites for hydroxylation is 1. The SMILES string of the molecule is CN(C(=O)CCn1cnc2ccccc2c1=O)C1CCC(c2ccccc2)CC1. The fourth-order valence-corrected chi connectivity index (χ4v) is 4.38. The maximum Gasteiger partial charge on any atom is 0.261 e. The van der Waals surface area contributed by atoms with Crippen molar-refractivity contribution >= 4 is 16.8 Å². The molecule has 5 nitrogen and oxygen atoms in total. The van der Waals surface area contributed by atoms with Gasteiger partial charge in [-0.15, -0.1) is 0 Å². The van der Waals surface area contributed by atoms with Gasteiger partial charge in [0.2, 0.25) is 5.91 Å². The van der Waals surface area contributed by atoms with Crippen molar-refractivity contribution in [2.75, 3.05) is 7.05 Å². The van der Waals surface area contributed by atoms with E-state index in [1.54, 1.807) is 17.0 Å². The average molecular weight is 389 g/mol. The molecule has 4 rings (SSSR count). The molecule has 1 aliphatic rings. The van der Waals surface area contributed by atoms with Crippen LogP contribution in [0.1, 0.15) is 43.6 Å². The van der Waals surface area contributed by atoms with E-state index >= 15 is 0 Å². The van der Waals surface area contributed by atoms with Gasteiger partial charge in [0.15, 0.2) is 0 Å². The van der Waals surface area contributed by atoms with Gasteiger partial charge in [-0.05, 0) is 49.3 Å². The molecule has 0 unspecified atom stereocenters. The summed E-state index contributed by atoms with van der Waals surface area (Å²) >= 11 is 0. The van der Waals surface area contributed by atoms with Crippen molar-refractivity contribution in [3.05, 3.63) is 76.8 Å². The molecule has 0 N–H and O–H groups in total. The van der Waals surface area contributed by atoms with E-state index in [9.17, 15) is 9.59 Å². The maximum absolute atomic E-state index is 12.7. The first-order valence-corrected chi connectivity index (χ1v) is 10.4. The Hall–Kier alpha value is -2.95. The molecule has 150 valence electrons. The van der Waals surface area contributed by atoms with Crippen LogP contribution in [0.4, 0.5) is 0 Å². The van der Waals surface area contributed by atoms with Crippen LogP contribution in [-0.4, -0.2) is 33.4 Å². The Kier molecular flexibility index (Phi) is 5.74. The summed E-state index contributed by atoms with van der Waals surface area (Å²) in [6.45, 7) is 0.360. The third-order valence-corrected chi connectivity index (χ3v) is 6.21. The lowest BCUT2D eigenvalue weighted by Crippen LogP contribution is -2.39. The summed E-state index contributed by atoms with van der Waals surface area (Å²) in [5, 5.41) is 0.593. The number of amides is 1. The van der Waals surface area contributed by atoms with Crippen molar-refractivity contribution in [3.63, 3.8) is 0 Å². The number of nitrogens with zero attached hydrogens (tertiary/aromatic N) is 3. The molecule has 0 bridgehead atoms. The molecule has 1 heterocycles. The van der Waals surface area contributed by atoms with Gasteiger partial charge in [0.25, 0.3) is 5.56 Å². The molecule has 29 heavy (non-hydrogen) atoms. The van der Waals surface area contributed by atoms with Crippen molar-refractivity contribution in [2.45, 2.75) is 50.6 Å². The Balaban J connectivity index is 1.33. The highest BCUT2D eigenvalue weighted by Gasteiger charge is 2.27. The van der Waals surface area contributed by atoms with Crippen LogP contribution in [-0.2, 0) is 11.3 Å². The van der Waals surface area contributed by atoms with Crippen molar-refractivity contribution in [1.29, 1.82) is 0 Å². The second-order valence-corrected chi connectivity index (χ2v) is 7.93. The standard InChI is InChI=1S/C24H27N3O2/c1-26(20-13-11-19(12-14-20)18-7-3-2-4-8-18)23(28)15-16-27-17-25-22-10-6-5-9-21(22)24(27)29/h2-10,17,19-20H,11-16H2,1H3. The van der Waals surface area contributed by atoms with E-state index in [4.69, 9.17) is 0 Å². The first-order chi connectivity index (χ1) is 14.1. The monoisotopic (exact) mass is 389 g/mol. The summed E-state index contributed by atoms with van der Waals surface area (Å²) in [6, 6.07) is 18.2. The Morgan fingerprint density at radius 2 is 1.72 bits per heavy atom. The molecule has 0 radical (unpaired) electrons. The van der Waals surface area contributed by atoms with Gasteiger partial charge in [0.1, 0.15) is 0 Å². The van der Waals surface area contributed by atoms with Gasteiger partial charge in [0.05, 0.1) is 17.2 Å². The molecule has 1 saturated carbocycles. The lowest BCUT2D eigenvalue weighted by atomic mass is 9.81.